The highest BCUT2D eigenvalue weighted by atomic mass is 35.5. The second-order valence-corrected chi connectivity index (χ2v) is 6.88. The van der Waals surface area contributed by atoms with E-state index in [9.17, 15) is 4.79 Å². The van der Waals surface area contributed by atoms with E-state index in [4.69, 9.17) is 32.9 Å². The molecule has 0 bridgehead atoms. The van der Waals surface area contributed by atoms with Gasteiger partial charge in [-0.25, -0.2) is 0 Å². The monoisotopic (exact) mass is 391 g/mol. The molecule has 5 heteroatoms. The fourth-order valence-corrected chi connectivity index (χ4v) is 3.35. The van der Waals surface area contributed by atoms with E-state index in [2.05, 4.69) is 6.07 Å². The average molecular weight is 392 g/mol. The maximum absolute atomic E-state index is 12.7. The molecule has 3 aromatic carbocycles. The van der Waals surface area contributed by atoms with Crippen LogP contribution in [-0.2, 0) is 0 Å². The smallest absolute Gasteiger partial charge is 0.193 e. The maximum Gasteiger partial charge on any atom is 0.193 e. The summed E-state index contributed by atoms with van der Waals surface area (Å²) < 4.78 is 6.10. The number of rotatable bonds is 2. The molecule has 0 radical (unpaired) electrons. The summed E-state index contributed by atoms with van der Waals surface area (Å²) in [5.74, 6) is 0.419. The molecule has 0 spiro atoms. The molecule has 0 fully saturated rings. The van der Waals surface area contributed by atoms with Crippen molar-refractivity contribution in [3.63, 3.8) is 0 Å². The Morgan fingerprint density at radius 1 is 0.852 bits per heavy atom. The van der Waals surface area contributed by atoms with Gasteiger partial charge in [-0.05, 0) is 54.1 Å². The van der Waals surface area contributed by atoms with E-state index in [0.717, 1.165) is 5.56 Å². The normalized spacial score (nSPS) is 10.7. The molecular formula is C22H11Cl2NO2. The van der Waals surface area contributed by atoms with Crippen LogP contribution in [0.4, 0.5) is 0 Å². The molecule has 0 N–H and O–H groups in total. The minimum absolute atomic E-state index is 0.193. The van der Waals surface area contributed by atoms with Crippen LogP contribution in [0.3, 0.4) is 0 Å². The van der Waals surface area contributed by atoms with Crippen LogP contribution in [0.25, 0.3) is 33.4 Å². The van der Waals surface area contributed by atoms with Gasteiger partial charge in [0.05, 0.1) is 17.0 Å². The minimum atomic E-state index is -0.193. The average Bonchev–Trinajstić information content (AvgIpc) is 2.68. The molecule has 4 aromatic rings. The molecular weight excluding hydrogens is 381 g/mol. The molecule has 1 aromatic heterocycles. The van der Waals surface area contributed by atoms with Gasteiger partial charge < -0.3 is 4.42 Å². The Morgan fingerprint density at radius 2 is 1.63 bits per heavy atom. The largest absolute Gasteiger partial charge is 0.455 e. The van der Waals surface area contributed by atoms with Gasteiger partial charge in [0, 0.05) is 27.2 Å². The van der Waals surface area contributed by atoms with Gasteiger partial charge in [0.2, 0.25) is 0 Å². The summed E-state index contributed by atoms with van der Waals surface area (Å²) in [6.45, 7) is 0. The third-order valence-electron chi connectivity index (χ3n) is 4.23. The van der Waals surface area contributed by atoms with Gasteiger partial charge in [-0.2, -0.15) is 5.26 Å². The zero-order valence-electron chi connectivity index (χ0n) is 13.9. The standard InChI is InChI=1S/C22H11Cl2NO2/c23-16-3-1-2-15(8-16)18-9-17(24)10-19-20(26)11-21(27-22(18)19)14-6-4-13(12-25)5-7-14/h1-11H. The molecule has 0 aliphatic heterocycles. The summed E-state index contributed by atoms with van der Waals surface area (Å²) in [7, 11) is 0. The Kier molecular flexibility index (Phi) is 4.45. The number of hydrogen-bond acceptors (Lipinski definition) is 3. The van der Waals surface area contributed by atoms with Crippen LogP contribution in [0.5, 0.6) is 0 Å². The van der Waals surface area contributed by atoms with Crippen molar-refractivity contribution in [2.75, 3.05) is 0 Å². The molecule has 0 aliphatic carbocycles. The number of nitrogens with zero attached hydrogens (tertiary/aromatic N) is 1. The van der Waals surface area contributed by atoms with Gasteiger partial charge in [-0.1, -0.05) is 35.3 Å². The highest BCUT2D eigenvalue weighted by Crippen LogP contribution is 2.34. The first kappa shape index (κ1) is 17.4. The summed E-state index contributed by atoms with van der Waals surface area (Å²) in [5, 5.41) is 10.4. The molecule has 0 saturated carbocycles. The predicted molar refractivity (Wildman–Crippen MR) is 108 cm³/mol. The van der Waals surface area contributed by atoms with Crippen molar-refractivity contribution < 1.29 is 4.42 Å². The lowest BCUT2D eigenvalue weighted by Crippen LogP contribution is -2.01. The first-order chi connectivity index (χ1) is 13.0. The third-order valence-corrected chi connectivity index (χ3v) is 4.68. The fraction of sp³-hybridized carbons (Fsp3) is 0. The van der Waals surface area contributed by atoms with Crippen molar-refractivity contribution in [2.24, 2.45) is 0 Å². The molecule has 4 rings (SSSR count). The lowest BCUT2D eigenvalue weighted by Gasteiger charge is -2.09. The molecule has 27 heavy (non-hydrogen) atoms. The Morgan fingerprint density at radius 3 is 2.33 bits per heavy atom. The molecule has 3 nitrogen and oxygen atoms in total. The van der Waals surface area contributed by atoms with Crippen LogP contribution >= 0.6 is 23.2 Å². The van der Waals surface area contributed by atoms with Crippen molar-refractivity contribution in [1.82, 2.24) is 0 Å². The van der Waals surface area contributed by atoms with Crippen molar-refractivity contribution >= 4 is 34.2 Å². The summed E-state index contributed by atoms with van der Waals surface area (Å²) >= 11 is 12.4. The van der Waals surface area contributed by atoms with Crippen LogP contribution in [0.1, 0.15) is 5.56 Å². The van der Waals surface area contributed by atoms with Gasteiger partial charge in [0.1, 0.15) is 11.3 Å². The van der Waals surface area contributed by atoms with Gasteiger partial charge in [0.15, 0.2) is 5.43 Å². The van der Waals surface area contributed by atoms with E-state index in [0.29, 0.717) is 43.5 Å². The van der Waals surface area contributed by atoms with Crippen molar-refractivity contribution in [1.29, 1.82) is 5.26 Å². The molecule has 0 atom stereocenters. The van der Waals surface area contributed by atoms with Crippen molar-refractivity contribution in [2.45, 2.75) is 0 Å². The van der Waals surface area contributed by atoms with Crippen LogP contribution in [-0.4, -0.2) is 0 Å². The SMILES string of the molecule is N#Cc1ccc(-c2cc(=O)c3cc(Cl)cc(-c4cccc(Cl)c4)c3o2)cc1. The molecule has 0 aliphatic rings. The van der Waals surface area contributed by atoms with Gasteiger partial charge >= 0.3 is 0 Å². The number of nitriles is 1. The number of fused-ring (bicyclic) bond motifs is 1. The van der Waals surface area contributed by atoms with Crippen molar-refractivity contribution in [3.05, 3.63) is 92.6 Å². The maximum atomic E-state index is 12.7. The molecule has 0 amide bonds. The first-order valence-electron chi connectivity index (χ1n) is 8.09. The number of hydrogen-bond donors (Lipinski definition) is 0. The van der Waals surface area contributed by atoms with Gasteiger partial charge in [0.25, 0.3) is 0 Å². The van der Waals surface area contributed by atoms with E-state index in [1.54, 1.807) is 48.5 Å². The topological polar surface area (TPSA) is 54.0 Å². The van der Waals surface area contributed by atoms with E-state index in [-0.39, 0.29) is 5.43 Å². The lowest BCUT2D eigenvalue weighted by molar-refractivity contribution is 0.620. The zero-order chi connectivity index (χ0) is 19.0. The third kappa shape index (κ3) is 3.33. The van der Waals surface area contributed by atoms with Gasteiger partial charge in [-0.15, -0.1) is 0 Å². The van der Waals surface area contributed by atoms with Crippen LogP contribution < -0.4 is 5.43 Å². The van der Waals surface area contributed by atoms with Gasteiger partial charge in [-0.3, -0.25) is 4.79 Å². The first-order valence-corrected chi connectivity index (χ1v) is 8.84. The summed E-state index contributed by atoms with van der Waals surface area (Å²) in [6, 6.07) is 21.0. The Labute approximate surface area is 165 Å². The van der Waals surface area contributed by atoms with E-state index in [1.165, 1.54) is 6.07 Å². The summed E-state index contributed by atoms with van der Waals surface area (Å²) in [4.78, 5) is 12.7. The number of benzene rings is 3. The fourth-order valence-electron chi connectivity index (χ4n) is 2.94. The molecule has 0 saturated heterocycles. The minimum Gasteiger partial charge on any atom is -0.455 e. The van der Waals surface area contributed by atoms with Crippen molar-refractivity contribution in [3.8, 4) is 28.5 Å². The molecule has 130 valence electrons. The zero-order valence-corrected chi connectivity index (χ0v) is 15.4. The highest BCUT2D eigenvalue weighted by molar-refractivity contribution is 6.32. The number of halogens is 2. The molecule has 1 heterocycles. The van der Waals surface area contributed by atoms with E-state index >= 15 is 0 Å². The highest BCUT2D eigenvalue weighted by Gasteiger charge is 2.14. The predicted octanol–water partition coefficient (Wildman–Crippen LogP) is 6.31. The Hall–Kier alpha value is -3.06. The lowest BCUT2D eigenvalue weighted by atomic mass is 10.0. The van der Waals surface area contributed by atoms with Crippen LogP contribution in [0, 0.1) is 11.3 Å². The van der Waals surface area contributed by atoms with Crippen LogP contribution in [0.2, 0.25) is 10.0 Å². The summed E-state index contributed by atoms with van der Waals surface area (Å²) in [6.07, 6.45) is 0. The van der Waals surface area contributed by atoms with Crippen LogP contribution in [0.15, 0.2) is 75.9 Å². The second-order valence-electron chi connectivity index (χ2n) is 6.00. The van der Waals surface area contributed by atoms with E-state index < -0.39 is 0 Å². The summed E-state index contributed by atoms with van der Waals surface area (Å²) in [5.41, 5.74) is 2.98. The second kappa shape index (κ2) is 6.92. The molecule has 0 unspecified atom stereocenters. The Balaban J connectivity index is 2.00. The Bertz CT molecular complexity index is 1270. The quantitative estimate of drug-likeness (QED) is 0.402. The van der Waals surface area contributed by atoms with E-state index in [1.807, 2.05) is 12.1 Å².